The van der Waals surface area contributed by atoms with Gasteiger partial charge < -0.3 is 5.32 Å². The Morgan fingerprint density at radius 3 is 3.05 bits per heavy atom. The van der Waals surface area contributed by atoms with E-state index in [2.05, 4.69) is 25.7 Å². The van der Waals surface area contributed by atoms with Crippen LogP contribution in [0.3, 0.4) is 0 Å². The summed E-state index contributed by atoms with van der Waals surface area (Å²) in [6.07, 6.45) is 5.06. The summed E-state index contributed by atoms with van der Waals surface area (Å²) in [7, 11) is 1.73. The Morgan fingerprint density at radius 2 is 2.24 bits per heavy atom. The Hall–Kier alpha value is -2.61. The summed E-state index contributed by atoms with van der Waals surface area (Å²) < 4.78 is 2.88. The predicted octanol–water partition coefficient (Wildman–Crippen LogP) is -0.290. The quantitative estimate of drug-likeness (QED) is 0.648. The molecular weight excluding hydrogens is 270 g/mol. The summed E-state index contributed by atoms with van der Waals surface area (Å²) in [5.41, 5.74) is 1.43. The standard InChI is InChI=1S/C13H15N7O/c1-19-12-11(9-16-19)13(21)20(18-17-12)6-5-15-8-10-3-2-4-14-7-10/h2-4,7,9,15H,5-6,8H2,1H3. The Morgan fingerprint density at radius 1 is 1.33 bits per heavy atom. The zero-order valence-corrected chi connectivity index (χ0v) is 11.6. The summed E-state index contributed by atoms with van der Waals surface area (Å²) >= 11 is 0. The number of aromatic nitrogens is 6. The van der Waals surface area contributed by atoms with E-state index in [-0.39, 0.29) is 5.56 Å². The molecule has 0 atom stereocenters. The molecule has 8 heteroatoms. The maximum Gasteiger partial charge on any atom is 0.280 e. The van der Waals surface area contributed by atoms with E-state index in [0.717, 1.165) is 5.56 Å². The van der Waals surface area contributed by atoms with Crippen LogP contribution < -0.4 is 10.9 Å². The summed E-state index contributed by atoms with van der Waals surface area (Å²) in [6.45, 7) is 1.78. The molecule has 21 heavy (non-hydrogen) atoms. The second-order valence-corrected chi connectivity index (χ2v) is 4.66. The number of nitrogens with zero attached hydrogens (tertiary/aromatic N) is 6. The lowest BCUT2D eigenvalue weighted by atomic mass is 10.3. The van der Waals surface area contributed by atoms with Crippen molar-refractivity contribution in [3.8, 4) is 0 Å². The lowest BCUT2D eigenvalue weighted by Gasteiger charge is -2.05. The maximum absolute atomic E-state index is 12.2. The Kier molecular flexibility index (Phi) is 3.69. The van der Waals surface area contributed by atoms with Gasteiger partial charge in [-0.3, -0.25) is 9.78 Å². The molecule has 0 radical (unpaired) electrons. The van der Waals surface area contributed by atoms with Gasteiger partial charge in [0.1, 0.15) is 5.39 Å². The molecule has 0 saturated heterocycles. The van der Waals surface area contributed by atoms with Crippen LogP contribution in [0.25, 0.3) is 11.0 Å². The first-order valence-electron chi connectivity index (χ1n) is 6.61. The number of hydrogen-bond acceptors (Lipinski definition) is 6. The molecule has 3 aromatic heterocycles. The summed E-state index contributed by atoms with van der Waals surface area (Å²) in [5, 5.41) is 15.7. The molecule has 3 heterocycles. The zero-order chi connectivity index (χ0) is 14.7. The molecule has 0 fully saturated rings. The second-order valence-electron chi connectivity index (χ2n) is 4.66. The van der Waals surface area contributed by atoms with Crippen molar-refractivity contribution in [3.63, 3.8) is 0 Å². The van der Waals surface area contributed by atoms with Crippen LogP contribution in [-0.2, 0) is 20.1 Å². The summed E-state index contributed by atoms with van der Waals surface area (Å²) in [5.74, 6) is 0. The van der Waals surface area contributed by atoms with Gasteiger partial charge in [0.15, 0.2) is 5.65 Å². The smallest absolute Gasteiger partial charge is 0.280 e. The van der Waals surface area contributed by atoms with Crippen molar-refractivity contribution in [2.24, 2.45) is 7.05 Å². The van der Waals surface area contributed by atoms with Crippen molar-refractivity contribution in [2.75, 3.05) is 6.54 Å². The first kappa shape index (κ1) is 13.4. The molecule has 8 nitrogen and oxygen atoms in total. The SMILES string of the molecule is Cn1ncc2c(=O)n(CCNCc3cccnc3)nnc21. The molecule has 3 rings (SSSR count). The van der Waals surface area contributed by atoms with Crippen LogP contribution in [0.2, 0.25) is 0 Å². The largest absolute Gasteiger partial charge is 0.311 e. The highest BCUT2D eigenvalue weighted by Gasteiger charge is 2.08. The van der Waals surface area contributed by atoms with Crippen molar-refractivity contribution < 1.29 is 0 Å². The minimum atomic E-state index is -0.170. The second kappa shape index (κ2) is 5.80. The molecule has 0 aliphatic carbocycles. The molecule has 0 aliphatic rings. The fourth-order valence-electron chi connectivity index (χ4n) is 2.04. The van der Waals surface area contributed by atoms with Crippen LogP contribution in [0.5, 0.6) is 0 Å². The fraction of sp³-hybridized carbons (Fsp3) is 0.308. The predicted molar refractivity (Wildman–Crippen MR) is 76.5 cm³/mol. The van der Waals surface area contributed by atoms with E-state index in [0.29, 0.717) is 30.7 Å². The zero-order valence-electron chi connectivity index (χ0n) is 11.6. The van der Waals surface area contributed by atoms with E-state index in [9.17, 15) is 4.79 Å². The minimum Gasteiger partial charge on any atom is -0.311 e. The van der Waals surface area contributed by atoms with Crippen molar-refractivity contribution in [1.82, 2.24) is 35.1 Å². The van der Waals surface area contributed by atoms with E-state index < -0.39 is 0 Å². The van der Waals surface area contributed by atoms with Gasteiger partial charge >= 0.3 is 0 Å². The van der Waals surface area contributed by atoms with Gasteiger partial charge in [-0.1, -0.05) is 11.3 Å². The van der Waals surface area contributed by atoms with E-state index in [1.54, 1.807) is 19.4 Å². The van der Waals surface area contributed by atoms with Crippen molar-refractivity contribution >= 4 is 11.0 Å². The van der Waals surface area contributed by atoms with E-state index in [4.69, 9.17) is 0 Å². The van der Waals surface area contributed by atoms with Gasteiger partial charge in [0, 0.05) is 32.5 Å². The normalized spacial score (nSPS) is 11.1. The van der Waals surface area contributed by atoms with E-state index in [1.807, 2.05) is 12.1 Å². The van der Waals surface area contributed by atoms with Gasteiger partial charge in [0.25, 0.3) is 5.56 Å². The highest BCUT2D eigenvalue weighted by molar-refractivity contribution is 5.72. The first-order chi connectivity index (χ1) is 10.3. The number of hydrogen-bond donors (Lipinski definition) is 1. The third kappa shape index (κ3) is 2.79. The van der Waals surface area contributed by atoms with Gasteiger partial charge in [-0.15, -0.1) is 5.10 Å². The lowest BCUT2D eigenvalue weighted by molar-refractivity contribution is 0.511. The van der Waals surface area contributed by atoms with E-state index in [1.165, 1.54) is 15.6 Å². The average molecular weight is 285 g/mol. The van der Waals surface area contributed by atoms with Gasteiger partial charge in [-0.25, -0.2) is 9.36 Å². The first-order valence-corrected chi connectivity index (χ1v) is 6.61. The molecule has 1 N–H and O–H groups in total. The van der Waals surface area contributed by atoms with Crippen LogP contribution in [0.15, 0.2) is 35.5 Å². The molecule has 0 unspecified atom stereocenters. The monoisotopic (exact) mass is 285 g/mol. The molecule has 0 aromatic carbocycles. The van der Waals surface area contributed by atoms with Gasteiger partial charge in [0.05, 0.1) is 12.7 Å². The molecule has 0 saturated carbocycles. The number of fused-ring (bicyclic) bond motifs is 1. The molecule has 3 aromatic rings. The van der Waals surface area contributed by atoms with Crippen LogP contribution in [0.1, 0.15) is 5.56 Å². The third-order valence-corrected chi connectivity index (χ3v) is 3.17. The summed E-state index contributed by atoms with van der Waals surface area (Å²) in [4.78, 5) is 16.2. The number of pyridine rings is 1. The Bertz CT molecular complexity index is 793. The molecule has 108 valence electrons. The molecule has 0 amide bonds. The van der Waals surface area contributed by atoms with Gasteiger partial charge in [-0.2, -0.15) is 5.10 Å². The Labute approximate surface area is 120 Å². The fourth-order valence-corrected chi connectivity index (χ4v) is 2.04. The van der Waals surface area contributed by atoms with Crippen molar-refractivity contribution in [3.05, 3.63) is 46.6 Å². The molecular formula is C13H15N7O. The van der Waals surface area contributed by atoms with Crippen LogP contribution in [-0.4, -0.2) is 36.3 Å². The lowest BCUT2D eigenvalue weighted by Crippen LogP contribution is -2.29. The third-order valence-electron chi connectivity index (χ3n) is 3.17. The van der Waals surface area contributed by atoms with Crippen molar-refractivity contribution in [2.45, 2.75) is 13.1 Å². The number of rotatable bonds is 5. The Balaban J connectivity index is 1.63. The van der Waals surface area contributed by atoms with Gasteiger partial charge in [0.2, 0.25) is 0 Å². The molecule has 0 bridgehead atoms. The van der Waals surface area contributed by atoms with Crippen LogP contribution >= 0.6 is 0 Å². The van der Waals surface area contributed by atoms with E-state index >= 15 is 0 Å². The van der Waals surface area contributed by atoms with Crippen LogP contribution in [0.4, 0.5) is 0 Å². The average Bonchev–Trinajstić information content (AvgIpc) is 2.89. The topological polar surface area (TPSA) is 90.5 Å². The van der Waals surface area contributed by atoms with Crippen LogP contribution in [0, 0.1) is 0 Å². The summed E-state index contributed by atoms with van der Waals surface area (Å²) in [6, 6.07) is 3.89. The molecule has 0 aliphatic heterocycles. The highest BCUT2D eigenvalue weighted by Crippen LogP contribution is 2.01. The maximum atomic E-state index is 12.2. The number of aryl methyl sites for hydroxylation is 1. The van der Waals surface area contributed by atoms with Crippen molar-refractivity contribution in [1.29, 1.82) is 0 Å². The number of nitrogens with one attached hydrogen (secondary N) is 1. The minimum absolute atomic E-state index is 0.170. The van der Waals surface area contributed by atoms with Gasteiger partial charge in [-0.05, 0) is 11.6 Å². The highest BCUT2D eigenvalue weighted by atomic mass is 16.1. The molecule has 0 spiro atoms.